The van der Waals surface area contributed by atoms with E-state index in [1.54, 1.807) is 0 Å². The Labute approximate surface area is 108 Å². The van der Waals surface area contributed by atoms with E-state index in [0.29, 0.717) is 12.2 Å². The minimum Gasteiger partial charge on any atom is -0.399 e. The van der Waals surface area contributed by atoms with Crippen molar-refractivity contribution in [2.45, 2.75) is 19.4 Å². The minimum atomic E-state index is -0.275. The number of hydrogen-bond donors (Lipinski definition) is 1. The van der Waals surface area contributed by atoms with Crippen molar-refractivity contribution < 1.29 is 9.13 Å². The van der Waals surface area contributed by atoms with E-state index >= 15 is 0 Å². The van der Waals surface area contributed by atoms with Crippen LogP contribution in [0.4, 0.5) is 10.1 Å². The molecule has 0 atom stereocenters. The fraction of sp³-hybridized carbons (Fsp3) is 0.571. The van der Waals surface area contributed by atoms with Crippen LogP contribution in [0.2, 0.25) is 0 Å². The maximum absolute atomic E-state index is 13.2. The second-order valence-corrected chi connectivity index (χ2v) is 5.15. The first-order valence-corrected chi connectivity index (χ1v) is 6.45. The summed E-state index contributed by atoms with van der Waals surface area (Å²) in [7, 11) is 2.00. The van der Waals surface area contributed by atoms with Crippen LogP contribution in [0.1, 0.15) is 18.4 Å². The highest BCUT2D eigenvalue weighted by Crippen LogP contribution is 2.28. The van der Waals surface area contributed by atoms with Gasteiger partial charge in [-0.05, 0) is 49.6 Å². The van der Waals surface area contributed by atoms with Gasteiger partial charge in [0.05, 0.1) is 6.61 Å². The van der Waals surface area contributed by atoms with Crippen LogP contribution >= 0.6 is 0 Å². The van der Waals surface area contributed by atoms with E-state index in [4.69, 9.17) is 10.5 Å². The van der Waals surface area contributed by atoms with Gasteiger partial charge in [-0.3, -0.25) is 4.90 Å². The second kappa shape index (κ2) is 6.16. The molecule has 0 radical (unpaired) electrons. The number of halogens is 1. The van der Waals surface area contributed by atoms with Gasteiger partial charge in [0.1, 0.15) is 5.82 Å². The molecule has 1 fully saturated rings. The molecule has 0 aromatic heterocycles. The molecule has 1 aromatic carbocycles. The lowest BCUT2D eigenvalue weighted by molar-refractivity contribution is 0.102. The van der Waals surface area contributed by atoms with Crippen molar-refractivity contribution in [2.24, 2.45) is 5.92 Å². The minimum absolute atomic E-state index is 0.275. The molecule has 0 spiro atoms. The maximum atomic E-state index is 13.2. The molecular weight excluding hydrogens is 231 g/mol. The molecule has 1 saturated carbocycles. The van der Waals surface area contributed by atoms with E-state index in [2.05, 4.69) is 4.90 Å². The van der Waals surface area contributed by atoms with E-state index in [0.717, 1.165) is 31.2 Å². The van der Waals surface area contributed by atoms with E-state index in [1.807, 2.05) is 13.1 Å². The molecule has 0 unspecified atom stereocenters. The lowest BCUT2D eigenvalue weighted by Crippen LogP contribution is -2.23. The van der Waals surface area contributed by atoms with Gasteiger partial charge in [0, 0.05) is 25.4 Å². The van der Waals surface area contributed by atoms with Gasteiger partial charge >= 0.3 is 0 Å². The number of benzene rings is 1. The lowest BCUT2D eigenvalue weighted by Gasteiger charge is -2.17. The molecule has 1 aliphatic rings. The molecule has 1 aliphatic carbocycles. The Kier molecular flexibility index (Phi) is 4.55. The molecule has 4 heteroatoms. The maximum Gasteiger partial charge on any atom is 0.125 e. The first-order chi connectivity index (χ1) is 8.63. The summed E-state index contributed by atoms with van der Waals surface area (Å²) in [5.41, 5.74) is 6.99. The Morgan fingerprint density at radius 2 is 2.17 bits per heavy atom. The molecule has 3 nitrogen and oxygen atoms in total. The van der Waals surface area contributed by atoms with Crippen molar-refractivity contribution in [3.8, 4) is 0 Å². The normalized spacial score (nSPS) is 15.3. The summed E-state index contributed by atoms with van der Waals surface area (Å²) in [5.74, 6) is 0.529. The van der Waals surface area contributed by atoms with Crippen LogP contribution in [0.15, 0.2) is 18.2 Å². The quantitative estimate of drug-likeness (QED) is 0.597. The van der Waals surface area contributed by atoms with Crippen LogP contribution in [0.25, 0.3) is 0 Å². The number of anilines is 1. The number of nitrogens with two attached hydrogens (primary N) is 1. The molecule has 18 heavy (non-hydrogen) atoms. The van der Waals surface area contributed by atoms with Crippen molar-refractivity contribution >= 4 is 5.69 Å². The summed E-state index contributed by atoms with van der Waals surface area (Å²) in [6.07, 6.45) is 2.64. The third kappa shape index (κ3) is 4.63. The summed E-state index contributed by atoms with van der Waals surface area (Å²) in [6, 6.07) is 4.67. The average molecular weight is 252 g/mol. The fourth-order valence-corrected chi connectivity index (χ4v) is 1.91. The van der Waals surface area contributed by atoms with Gasteiger partial charge in [-0.2, -0.15) is 0 Å². The predicted molar refractivity (Wildman–Crippen MR) is 70.7 cm³/mol. The van der Waals surface area contributed by atoms with Crippen LogP contribution in [0.3, 0.4) is 0 Å². The van der Waals surface area contributed by atoms with Crippen LogP contribution in [-0.4, -0.2) is 31.7 Å². The fourth-order valence-electron chi connectivity index (χ4n) is 1.91. The summed E-state index contributed by atoms with van der Waals surface area (Å²) in [4.78, 5) is 2.11. The third-order valence-electron chi connectivity index (χ3n) is 3.10. The van der Waals surface area contributed by atoms with Gasteiger partial charge < -0.3 is 10.5 Å². The highest BCUT2D eigenvalue weighted by Gasteiger charge is 2.20. The van der Waals surface area contributed by atoms with E-state index in [1.165, 1.54) is 25.0 Å². The Morgan fingerprint density at radius 1 is 1.39 bits per heavy atom. The van der Waals surface area contributed by atoms with Crippen molar-refractivity contribution in [2.75, 3.05) is 32.5 Å². The Morgan fingerprint density at radius 3 is 2.83 bits per heavy atom. The Balaban J connectivity index is 1.69. The molecule has 0 bridgehead atoms. The molecule has 1 aromatic rings. The number of nitrogens with zero attached hydrogens (tertiary/aromatic N) is 1. The molecular formula is C14H21FN2O. The Hall–Kier alpha value is -1.13. The topological polar surface area (TPSA) is 38.5 Å². The zero-order valence-corrected chi connectivity index (χ0v) is 10.9. The van der Waals surface area contributed by atoms with Crippen LogP contribution in [-0.2, 0) is 11.3 Å². The zero-order valence-electron chi connectivity index (χ0n) is 10.9. The first kappa shape index (κ1) is 13.3. The smallest absolute Gasteiger partial charge is 0.125 e. The number of likely N-dealkylation sites (N-methyl/N-ethyl adjacent to an activating group) is 1. The van der Waals surface area contributed by atoms with Crippen molar-refractivity contribution in [3.05, 3.63) is 29.6 Å². The van der Waals surface area contributed by atoms with Gasteiger partial charge in [0.25, 0.3) is 0 Å². The average Bonchev–Trinajstić information content (AvgIpc) is 3.06. The largest absolute Gasteiger partial charge is 0.399 e. The zero-order chi connectivity index (χ0) is 13.0. The monoisotopic (exact) mass is 252 g/mol. The molecule has 0 heterocycles. The first-order valence-electron chi connectivity index (χ1n) is 6.45. The standard InChI is InChI=1S/C14H21FN2O/c1-17(4-5-18-10-11-2-3-11)9-12-6-13(15)8-14(16)7-12/h6-8,11H,2-5,9-10,16H2,1H3. The molecule has 0 amide bonds. The second-order valence-electron chi connectivity index (χ2n) is 5.15. The van der Waals surface area contributed by atoms with Gasteiger partial charge in [-0.1, -0.05) is 0 Å². The van der Waals surface area contributed by atoms with E-state index < -0.39 is 0 Å². The summed E-state index contributed by atoms with van der Waals surface area (Å²) < 4.78 is 18.7. The highest BCUT2D eigenvalue weighted by atomic mass is 19.1. The van der Waals surface area contributed by atoms with Crippen molar-refractivity contribution in [1.82, 2.24) is 4.90 Å². The van der Waals surface area contributed by atoms with E-state index in [9.17, 15) is 4.39 Å². The lowest BCUT2D eigenvalue weighted by atomic mass is 10.2. The van der Waals surface area contributed by atoms with Gasteiger partial charge in [0.15, 0.2) is 0 Å². The SMILES string of the molecule is CN(CCOCC1CC1)Cc1cc(N)cc(F)c1. The van der Waals surface area contributed by atoms with Crippen LogP contribution in [0.5, 0.6) is 0 Å². The van der Waals surface area contributed by atoms with Crippen molar-refractivity contribution in [1.29, 1.82) is 0 Å². The van der Waals surface area contributed by atoms with Crippen LogP contribution < -0.4 is 5.73 Å². The predicted octanol–water partition coefficient (Wildman–Crippen LogP) is 2.27. The number of ether oxygens (including phenoxy) is 1. The Bertz CT molecular complexity index is 373. The van der Waals surface area contributed by atoms with E-state index in [-0.39, 0.29) is 5.82 Å². The third-order valence-corrected chi connectivity index (χ3v) is 3.10. The van der Waals surface area contributed by atoms with Crippen LogP contribution in [0, 0.1) is 11.7 Å². The molecule has 2 N–H and O–H groups in total. The van der Waals surface area contributed by atoms with Gasteiger partial charge in [-0.25, -0.2) is 4.39 Å². The van der Waals surface area contributed by atoms with Gasteiger partial charge in [0.2, 0.25) is 0 Å². The summed E-state index contributed by atoms with van der Waals surface area (Å²) >= 11 is 0. The molecule has 2 rings (SSSR count). The molecule has 100 valence electrons. The van der Waals surface area contributed by atoms with Crippen molar-refractivity contribution in [3.63, 3.8) is 0 Å². The highest BCUT2D eigenvalue weighted by molar-refractivity contribution is 5.41. The van der Waals surface area contributed by atoms with Gasteiger partial charge in [-0.15, -0.1) is 0 Å². The summed E-state index contributed by atoms with van der Waals surface area (Å²) in [6.45, 7) is 3.16. The summed E-state index contributed by atoms with van der Waals surface area (Å²) in [5, 5.41) is 0. The number of rotatable bonds is 7. The number of nitrogen functional groups attached to an aromatic ring is 1. The molecule has 0 saturated heterocycles. The number of hydrogen-bond acceptors (Lipinski definition) is 3. The molecule has 0 aliphatic heterocycles.